The summed E-state index contributed by atoms with van der Waals surface area (Å²) in [7, 11) is 0. The van der Waals surface area contributed by atoms with Gasteiger partial charge in [0.1, 0.15) is 5.82 Å². The molecule has 0 atom stereocenters. The van der Waals surface area contributed by atoms with Crippen LogP contribution in [0.3, 0.4) is 0 Å². The van der Waals surface area contributed by atoms with Crippen molar-refractivity contribution in [3.05, 3.63) is 64.2 Å². The number of carbonyl (C=O) groups excluding carboxylic acids is 1. The Kier molecular flexibility index (Phi) is 5.05. The summed E-state index contributed by atoms with van der Waals surface area (Å²) in [6.07, 6.45) is 2.76. The van der Waals surface area contributed by atoms with E-state index in [1.165, 1.54) is 5.56 Å². The molecule has 0 saturated heterocycles. The first-order chi connectivity index (χ1) is 11.6. The monoisotopic (exact) mass is 340 g/mol. The van der Waals surface area contributed by atoms with Gasteiger partial charge in [0.25, 0.3) is 0 Å². The average molecular weight is 340 g/mol. The molecule has 0 bridgehead atoms. The molecule has 1 amide bonds. The summed E-state index contributed by atoms with van der Waals surface area (Å²) >= 11 is 1.59. The molecule has 2 heterocycles. The van der Waals surface area contributed by atoms with Gasteiger partial charge in [0.05, 0.1) is 23.3 Å². The molecule has 5 nitrogen and oxygen atoms in total. The van der Waals surface area contributed by atoms with Crippen molar-refractivity contribution < 1.29 is 4.79 Å². The molecule has 0 aliphatic carbocycles. The second-order valence-electron chi connectivity index (χ2n) is 5.87. The molecule has 0 fully saturated rings. The Morgan fingerprint density at radius 3 is 2.79 bits per heavy atom. The van der Waals surface area contributed by atoms with E-state index in [0.29, 0.717) is 0 Å². The fourth-order valence-electron chi connectivity index (χ4n) is 2.46. The number of carbonyl (C=O) groups is 1. The van der Waals surface area contributed by atoms with Crippen LogP contribution in [0, 0.1) is 0 Å². The Labute approximate surface area is 145 Å². The maximum absolute atomic E-state index is 12.2. The SMILES string of the molecule is CC(C)n1nccc1NC(=O)Cc1csc(Cc2ccccc2)n1. The van der Waals surface area contributed by atoms with Gasteiger partial charge in [0.2, 0.25) is 5.91 Å². The van der Waals surface area contributed by atoms with E-state index in [1.54, 1.807) is 28.3 Å². The van der Waals surface area contributed by atoms with Crippen molar-refractivity contribution in [1.29, 1.82) is 0 Å². The van der Waals surface area contributed by atoms with E-state index < -0.39 is 0 Å². The number of anilines is 1. The quantitative estimate of drug-likeness (QED) is 0.744. The molecule has 0 radical (unpaired) electrons. The maximum atomic E-state index is 12.2. The van der Waals surface area contributed by atoms with Crippen molar-refractivity contribution >= 4 is 23.1 Å². The van der Waals surface area contributed by atoms with Crippen LogP contribution >= 0.6 is 11.3 Å². The van der Waals surface area contributed by atoms with Crippen LogP contribution in [-0.2, 0) is 17.6 Å². The van der Waals surface area contributed by atoms with Crippen LogP contribution < -0.4 is 5.32 Å². The van der Waals surface area contributed by atoms with Crippen LogP contribution in [0.2, 0.25) is 0 Å². The summed E-state index contributed by atoms with van der Waals surface area (Å²) in [5, 5.41) is 10.1. The van der Waals surface area contributed by atoms with Gasteiger partial charge < -0.3 is 5.32 Å². The summed E-state index contributed by atoms with van der Waals surface area (Å²) in [6.45, 7) is 4.05. The van der Waals surface area contributed by atoms with Crippen molar-refractivity contribution in [2.75, 3.05) is 5.32 Å². The fraction of sp³-hybridized carbons (Fsp3) is 0.278. The van der Waals surface area contributed by atoms with Crippen LogP contribution in [0.1, 0.15) is 36.2 Å². The minimum absolute atomic E-state index is 0.0750. The highest BCUT2D eigenvalue weighted by Crippen LogP contribution is 2.17. The molecule has 1 aromatic carbocycles. The van der Waals surface area contributed by atoms with E-state index in [4.69, 9.17) is 0 Å². The third kappa shape index (κ3) is 4.08. The van der Waals surface area contributed by atoms with Gasteiger partial charge in [0.15, 0.2) is 0 Å². The first-order valence-electron chi connectivity index (χ1n) is 7.92. The third-order valence-corrected chi connectivity index (χ3v) is 4.46. The van der Waals surface area contributed by atoms with E-state index in [9.17, 15) is 4.79 Å². The Balaban J connectivity index is 1.60. The van der Waals surface area contributed by atoms with Crippen molar-refractivity contribution in [2.24, 2.45) is 0 Å². The first kappa shape index (κ1) is 16.4. The normalized spacial score (nSPS) is 11.0. The number of thiazole rings is 1. The molecule has 0 aliphatic rings. The molecule has 2 aromatic heterocycles. The molecule has 3 aromatic rings. The molecule has 0 spiro atoms. The number of nitrogens with zero attached hydrogens (tertiary/aromatic N) is 3. The Morgan fingerprint density at radius 1 is 1.25 bits per heavy atom. The average Bonchev–Trinajstić information content (AvgIpc) is 3.18. The van der Waals surface area contributed by atoms with Gasteiger partial charge in [-0.3, -0.25) is 4.79 Å². The molecule has 1 N–H and O–H groups in total. The lowest BCUT2D eigenvalue weighted by molar-refractivity contribution is -0.115. The molecule has 0 aliphatic heterocycles. The van der Waals surface area contributed by atoms with E-state index in [2.05, 4.69) is 27.5 Å². The number of rotatable bonds is 6. The molecular formula is C18H20N4OS. The molecular weight excluding hydrogens is 320 g/mol. The van der Waals surface area contributed by atoms with E-state index in [0.717, 1.165) is 22.9 Å². The summed E-state index contributed by atoms with van der Waals surface area (Å²) < 4.78 is 1.79. The van der Waals surface area contributed by atoms with Crippen molar-refractivity contribution in [1.82, 2.24) is 14.8 Å². The van der Waals surface area contributed by atoms with Gasteiger partial charge in [0, 0.05) is 23.9 Å². The number of hydrogen-bond donors (Lipinski definition) is 1. The van der Waals surface area contributed by atoms with Crippen LogP contribution in [-0.4, -0.2) is 20.7 Å². The van der Waals surface area contributed by atoms with Crippen molar-refractivity contribution in [3.63, 3.8) is 0 Å². The highest BCUT2D eigenvalue weighted by atomic mass is 32.1. The lowest BCUT2D eigenvalue weighted by atomic mass is 10.2. The van der Waals surface area contributed by atoms with Crippen LogP contribution in [0.25, 0.3) is 0 Å². The standard InChI is InChI=1S/C18H20N4OS/c1-13(2)22-16(8-9-19-22)21-17(23)11-15-12-24-18(20-15)10-14-6-4-3-5-7-14/h3-9,12-13H,10-11H2,1-2H3,(H,21,23). The maximum Gasteiger partial charge on any atom is 0.231 e. The van der Waals surface area contributed by atoms with E-state index in [1.807, 2.05) is 37.4 Å². The summed E-state index contributed by atoms with van der Waals surface area (Å²) in [4.78, 5) is 16.8. The van der Waals surface area contributed by atoms with Crippen molar-refractivity contribution in [3.8, 4) is 0 Å². The molecule has 3 rings (SSSR count). The fourth-order valence-corrected chi connectivity index (χ4v) is 3.29. The van der Waals surface area contributed by atoms with Crippen LogP contribution in [0.15, 0.2) is 48.0 Å². The number of amides is 1. The minimum Gasteiger partial charge on any atom is -0.311 e. The minimum atomic E-state index is -0.0750. The summed E-state index contributed by atoms with van der Waals surface area (Å²) in [5.41, 5.74) is 2.03. The lowest BCUT2D eigenvalue weighted by Crippen LogP contribution is -2.18. The molecule has 24 heavy (non-hydrogen) atoms. The molecule has 124 valence electrons. The second kappa shape index (κ2) is 7.40. The first-order valence-corrected chi connectivity index (χ1v) is 8.80. The number of hydrogen-bond acceptors (Lipinski definition) is 4. The zero-order valence-corrected chi connectivity index (χ0v) is 14.6. The van der Waals surface area contributed by atoms with Gasteiger partial charge in [-0.1, -0.05) is 30.3 Å². The predicted octanol–water partition coefficient (Wildman–Crippen LogP) is 3.69. The highest BCUT2D eigenvalue weighted by molar-refractivity contribution is 7.09. The second-order valence-corrected chi connectivity index (χ2v) is 6.82. The zero-order chi connectivity index (χ0) is 16.9. The highest BCUT2D eigenvalue weighted by Gasteiger charge is 2.12. The van der Waals surface area contributed by atoms with Gasteiger partial charge in [-0.2, -0.15) is 5.10 Å². The van der Waals surface area contributed by atoms with Crippen LogP contribution in [0.4, 0.5) is 5.82 Å². The topological polar surface area (TPSA) is 59.8 Å². The van der Waals surface area contributed by atoms with E-state index in [-0.39, 0.29) is 18.4 Å². The molecule has 0 saturated carbocycles. The third-order valence-electron chi connectivity index (χ3n) is 3.57. The number of nitrogens with one attached hydrogen (secondary N) is 1. The molecule has 0 unspecified atom stereocenters. The smallest absolute Gasteiger partial charge is 0.231 e. The number of benzene rings is 1. The summed E-state index contributed by atoms with van der Waals surface area (Å²) in [6, 6.07) is 12.2. The largest absolute Gasteiger partial charge is 0.311 e. The summed E-state index contributed by atoms with van der Waals surface area (Å²) in [5.74, 6) is 0.642. The predicted molar refractivity (Wildman–Crippen MR) is 96.3 cm³/mol. The van der Waals surface area contributed by atoms with Crippen LogP contribution in [0.5, 0.6) is 0 Å². The number of aromatic nitrogens is 3. The Hall–Kier alpha value is -2.47. The van der Waals surface area contributed by atoms with Gasteiger partial charge in [-0.05, 0) is 19.4 Å². The zero-order valence-electron chi connectivity index (χ0n) is 13.8. The van der Waals surface area contributed by atoms with Crippen molar-refractivity contribution in [2.45, 2.75) is 32.7 Å². The Bertz CT molecular complexity index is 807. The molecule has 6 heteroatoms. The van der Waals surface area contributed by atoms with Gasteiger partial charge in [-0.25, -0.2) is 9.67 Å². The van der Waals surface area contributed by atoms with Gasteiger partial charge >= 0.3 is 0 Å². The Morgan fingerprint density at radius 2 is 2.04 bits per heavy atom. The van der Waals surface area contributed by atoms with E-state index >= 15 is 0 Å². The van der Waals surface area contributed by atoms with Gasteiger partial charge in [-0.15, -0.1) is 11.3 Å². The lowest BCUT2D eigenvalue weighted by Gasteiger charge is -2.11.